The number of nitrogens with two attached hydrogens (primary N) is 1. The van der Waals surface area contributed by atoms with E-state index in [1.165, 1.54) is 0 Å². The van der Waals surface area contributed by atoms with Crippen molar-refractivity contribution in [2.24, 2.45) is 0 Å². The highest BCUT2D eigenvalue weighted by Crippen LogP contribution is 2.33. The van der Waals surface area contributed by atoms with Crippen LogP contribution in [0.3, 0.4) is 0 Å². The molecular weight excluding hydrogens is 180 g/mol. The highest BCUT2D eigenvalue weighted by molar-refractivity contribution is 5.29. The summed E-state index contributed by atoms with van der Waals surface area (Å²) in [4.78, 5) is 7.19. The Morgan fingerprint density at radius 2 is 2.31 bits per heavy atom. The van der Waals surface area contributed by atoms with Crippen molar-refractivity contribution < 1.29 is 13.5 Å². The highest BCUT2D eigenvalue weighted by Gasteiger charge is 2.38. The molecular formula is C7H7F2N3O. The van der Waals surface area contributed by atoms with Crippen molar-refractivity contribution in [3.63, 3.8) is 0 Å². The molecule has 70 valence electrons. The van der Waals surface area contributed by atoms with E-state index >= 15 is 0 Å². The lowest BCUT2D eigenvalue weighted by atomic mass is 10.1. The van der Waals surface area contributed by atoms with Crippen LogP contribution in [0, 0.1) is 0 Å². The van der Waals surface area contributed by atoms with Crippen LogP contribution in [0.1, 0.15) is 11.3 Å². The summed E-state index contributed by atoms with van der Waals surface area (Å²) in [6.07, 6.45) is 1.06. The van der Waals surface area contributed by atoms with Crippen molar-refractivity contribution in [3.05, 3.63) is 17.5 Å². The number of halogens is 2. The van der Waals surface area contributed by atoms with E-state index in [0.717, 1.165) is 6.20 Å². The molecule has 4 nitrogen and oxygen atoms in total. The Balaban J connectivity index is 2.53. The van der Waals surface area contributed by atoms with Crippen molar-refractivity contribution in [2.45, 2.75) is 12.5 Å². The van der Waals surface area contributed by atoms with Crippen LogP contribution < -0.4 is 5.73 Å². The van der Waals surface area contributed by atoms with E-state index < -0.39 is 12.5 Å². The molecule has 2 N–H and O–H groups in total. The smallest absolute Gasteiger partial charge is 0.299 e. The number of rotatable bonds is 0. The SMILES string of the molecule is Nc1ncc2c(n1)COCC2(F)F. The van der Waals surface area contributed by atoms with E-state index in [0.29, 0.717) is 0 Å². The zero-order valence-electron chi connectivity index (χ0n) is 6.63. The van der Waals surface area contributed by atoms with Crippen molar-refractivity contribution in [2.75, 3.05) is 12.3 Å². The Morgan fingerprint density at radius 1 is 1.54 bits per heavy atom. The van der Waals surface area contributed by atoms with Gasteiger partial charge in [0.15, 0.2) is 0 Å². The van der Waals surface area contributed by atoms with E-state index in [1.54, 1.807) is 0 Å². The molecule has 2 rings (SSSR count). The summed E-state index contributed by atoms with van der Waals surface area (Å²) in [5.74, 6) is -3.01. The van der Waals surface area contributed by atoms with E-state index in [-0.39, 0.29) is 23.8 Å². The molecule has 0 aliphatic carbocycles. The molecule has 0 amide bonds. The number of hydrogen-bond donors (Lipinski definition) is 1. The standard InChI is InChI=1S/C7H7F2N3O/c8-7(9)3-13-2-5-4(7)1-11-6(10)12-5/h1H,2-3H2,(H2,10,11,12). The predicted octanol–water partition coefficient (Wildman–Crippen LogP) is 0.681. The number of nitrogen functional groups attached to an aromatic ring is 1. The Labute approximate surface area is 72.7 Å². The van der Waals surface area contributed by atoms with Crippen LogP contribution in [-0.4, -0.2) is 16.6 Å². The Morgan fingerprint density at radius 3 is 3.08 bits per heavy atom. The molecule has 0 radical (unpaired) electrons. The second-order valence-corrected chi connectivity index (χ2v) is 2.79. The predicted molar refractivity (Wildman–Crippen MR) is 40.0 cm³/mol. The first-order valence-corrected chi connectivity index (χ1v) is 3.67. The molecule has 0 unspecified atom stereocenters. The zero-order valence-corrected chi connectivity index (χ0v) is 6.63. The van der Waals surface area contributed by atoms with Gasteiger partial charge in [-0.15, -0.1) is 0 Å². The van der Waals surface area contributed by atoms with Crippen LogP contribution in [0.25, 0.3) is 0 Å². The number of ether oxygens (including phenoxy) is 1. The molecule has 1 aromatic heterocycles. The Kier molecular flexibility index (Phi) is 1.66. The first kappa shape index (κ1) is 8.31. The van der Waals surface area contributed by atoms with Gasteiger partial charge in [0, 0.05) is 6.20 Å². The minimum Gasteiger partial charge on any atom is -0.368 e. The molecule has 1 aromatic rings. The summed E-state index contributed by atoms with van der Waals surface area (Å²) >= 11 is 0. The maximum absolute atomic E-state index is 13.1. The van der Waals surface area contributed by atoms with Crippen molar-refractivity contribution in [1.82, 2.24) is 9.97 Å². The molecule has 13 heavy (non-hydrogen) atoms. The quantitative estimate of drug-likeness (QED) is 0.648. The second-order valence-electron chi connectivity index (χ2n) is 2.79. The van der Waals surface area contributed by atoms with Crippen LogP contribution in [0.5, 0.6) is 0 Å². The first-order chi connectivity index (χ1) is 6.09. The van der Waals surface area contributed by atoms with Crippen LogP contribution in [0.2, 0.25) is 0 Å². The van der Waals surface area contributed by atoms with Crippen molar-refractivity contribution >= 4 is 5.95 Å². The van der Waals surface area contributed by atoms with Gasteiger partial charge in [-0.1, -0.05) is 0 Å². The lowest BCUT2D eigenvalue weighted by Crippen LogP contribution is -2.29. The first-order valence-electron chi connectivity index (χ1n) is 3.67. The zero-order chi connectivity index (χ0) is 9.47. The lowest BCUT2D eigenvalue weighted by molar-refractivity contribution is -0.104. The fourth-order valence-corrected chi connectivity index (χ4v) is 1.20. The Bertz CT molecular complexity index is 343. The number of hydrogen-bond acceptors (Lipinski definition) is 4. The second kappa shape index (κ2) is 2.59. The van der Waals surface area contributed by atoms with Gasteiger partial charge in [-0.2, -0.15) is 8.78 Å². The number of fused-ring (bicyclic) bond motifs is 1. The van der Waals surface area contributed by atoms with Crippen LogP contribution in [-0.2, 0) is 17.3 Å². The fourth-order valence-electron chi connectivity index (χ4n) is 1.20. The molecule has 0 atom stereocenters. The molecule has 0 spiro atoms. The molecule has 0 bridgehead atoms. The number of aromatic nitrogens is 2. The summed E-state index contributed by atoms with van der Waals surface area (Å²) in [6.45, 7) is -0.551. The minimum atomic E-state index is -3.00. The molecule has 0 aromatic carbocycles. The van der Waals surface area contributed by atoms with E-state index in [9.17, 15) is 8.78 Å². The molecule has 1 aliphatic rings. The highest BCUT2D eigenvalue weighted by atomic mass is 19.3. The molecule has 2 heterocycles. The largest absolute Gasteiger partial charge is 0.368 e. The minimum absolute atomic E-state index is 0.0138. The Hall–Kier alpha value is -1.30. The van der Waals surface area contributed by atoms with Gasteiger partial charge in [0.05, 0.1) is 17.9 Å². The summed E-state index contributed by atoms with van der Waals surface area (Å²) in [5.41, 5.74) is 5.23. The van der Waals surface area contributed by atoms with Gasteiger partial charge in [-0.25, -0.2) is 9.97 Å². The van der Waals surface area contributed by atoms with E-state index in [4.69, 9.17) is 5.73 Å². The normalized spacial score (nSPS) is 19.5. The van der Waals surface area contributed by atoms with Crippen molar-refractivity contribution in [3.8, 4) is 0 Å². The molecule has 6 heteroatoms. The summed E-state index contributed by atoms with van der Waals surface area (Å²) in [5, 5.41) is 0. The van der Waals surface area contributed by atoms with Gasteiger partial charge in [0.2, 0.25) is 5.95 Å². The van der Waals surface area contributed by atoms with Crippen LogP contribution in [0.4, 0.5) is 14.7 Å². The van der Waals surface area contributed by atoms with Crippen LogP contribution >= 0.6 is 0 Å². The number of anilines is 1. The molecule has 1 aliphatic heterocycles. The molecule has 0 saturated carbocycles. The number of nitrogens with zero attached hydrogens (tertiary/aromatic N) is 2. The van der Waals surface area contributed by atoms with Crippen molar-refractivity contribution in [1.29, 1.82) is 0 Å². The van der Waals surface area contributed by atoms with Gasteiger partial charge < -0.3 is 10.5 Å². The van der Waals surface area contributed by atoms with Gasteiger partial charge in [0.25, 0.3) is 5.92 Å². The average molecular weight is 187 g/mol. The van der Waals surface area contributed by atoms with E-state index in [1.807, 2.05) is 0 Å². The third-order valence-electron chi connectivity index (χ3n) is 1.80. The van der Waals surface area contributed by atoms with Gasteiger partial charge >= 0.3 is 0 Å². The molecule has 0 saturated heterocycles. The van der Waals surface area contributed by atoms with Crippen LogP contribution in [0.15, 0.2) is 6.20 Å². The van der Waals surface area contributed by atoms with Gasteiger partial charge in [-0.3, -0.25) is 0 Å². The van der Waals surface area contributed by atoms with Gasteiger partial charge in [0.1, 0.15) is 6.61 Å². The monoisotopic (exact) mass is 187 g/mol. The van der Waals surface area contributed by atoms with E-state index in [2.05, 4.69) is 14.7 Å². The topological polar surface area (TPSA) is 61.0 Å². The molecule has 0 fully saturated rings. The summed E-state index contributed by atoms with van der Waals surface area (Å²) in [6, 6.07) is 0. The maximum Gasteiger partial charge on any atom is 0.299 e. The third kappa shape index (κ3) is 1.33. The third-order valence-corrected chi connectivity index (χ3v) is 1.80. The maximum atomic E-state index is 13.1. The average Bonchev–Trinajstić information content (AvgIpc) is 2.02. The van der Waals surface area contributed by atoms with Gasteiger partial charge in [-0.05, 0) is 0 Å². The summed E-state index contributed by atoms with van der Waals surface area (Å²) < 4.78 is 30.8. The number of alkyl halides is 2. The summed E-state index contributed by atoms with van der Waals surface area (Å²) in [7, 11) is 0. The fraction of sp³-hybridized carbons (Fsp3) is 0.429. The lowest BCUT2D eigenvalue weighted by Gasteiger charge is -2.23.